The van der Waals surface area contributed by atoms with Crippen LogP contribution in [0.3, 0.4) is 0 Å². The second kappa shape index (κ2) is 11.5. The molecule has 3 aromatic carbocycles. The zero-order valence-corrected chi connectivity index (χ0v) is 17.9. The van der Waals surface area contributed by atoms with Crippen molar-refractivity contribution in [2.45, 2.75) is 25.4 Å². The van der Waals surface area contributed by atoms with E-state index in [2.05, 4.69) is 10.6 Å². The minimum Gasteiger partial charge on any atom is -0.464 e. The van der Waals surface area contributed by atoms with Gasteiger partial charge < -0.3 is 15.4 Å². The van der Waals surface area contributed by atoms with Crippen molar-refractivity contribution in [3.8, 4) is 0 Å². The maximum absolute atomic E-state index is 13.3. The van der Waals surface area contributed by atoms with Crippen LogP contribution in [0.5, 0.6) is 0 Å². The van der Waals surface area contributed by atoms with Gasteiger partial charge in [-0.05, 0) is 29.7 Å². The third-order valence-corrected chi connectivity index (χ3v) is 4.87. The molecule has 0 spiro atoms. The SMILES string of the molecule is CC(=O)OC[C@H](Cc1ccccc1)NC(=O)[C@@H](NC(=O)c1ccccc1)c1ccccc1. The highest BCUT2D eigenvalue weighted by Gasteiger charge is 2.26. The van der Waals surface area contributed by atoms with Crippen LogP contribution in [0.1, 0.15) is 34.5 Å². The number of benzene rings is 3. The Morgan fingerprint density at radius 1 is 0.781 bits per heavy atom. The van der Waals surface area contributed by atoms with Gasteiger partial charge in [0.15, 0.2) is 0 Å². The van der Waals surface area contributed by atoms with Crippen LogP contribution in [0.4, 0.5) is 0 Å². The molecule has 0 radical (unpaired) electrons. The average Bonchev–Trinajstić information content (AvgIpc) is 2.82. The summed E-state index contributed by atoms with van der Waals surface area (Å²) in [5.41, 5.74) is 2.11. The smallest absolute Gasteiger partial charge is 0.302 e. The van der Waals surface area contributed by atoms with E-state index in [4.69, 9.17) is 4.74 Å². The first-order valence-corrected chi connectivity index (χ1v) is 10.4. The number of carbonyl (C=O) groups excluding carboxylic acids is 3. The average molecular weight is 431 g/mol. The number of ether oxygens (including phenoxy) is 1. The lowest BCUT2D eigenvalue weighted by Gasteiger charge is -2.24. The second-order valence-corrected chi connectivity index (χ2v) is 7.38. The van der Waals surface area contributed by atoms with Crippen molar-refractivity contribution in [1.29, 1.82) is 0 Å². The van der Waals surface area contributed by atoms with Crippen molar-refractivity contribution >= 4 is 17.8 Å². The molecular weight excluding hydrogens is 404 g/mol. The van der Waals surface area contributed by atoms with Crippen molar-refractivity contribution in [2.75, 3.05) is 6.61 Å². The third kappa shape index (κ3) is 6.80. The fourth-order valence-electron chi connectivity index (χ4n) is 3.30. The van der Waals surface area contributed by atoms with Gasteiger partial charge in [0.2, 0.25) is 5.91 Å². The lowest BCUT2D eigenvalue weighted by Crippen LogP contribution is -2.47. The van der Waals surface area contributed by atoms with Gasteiger partial charge in [-0.25, -0.2) is 0 Å². The summed E-state index contributed by atoms with van der Waals surface area (Å²) in [5, 5.41) is 5.77. The second-order valence-electron chi connectivity index (χ2n) is 7.38. The summed E-state index contributed by atoms with van der Waals surface area (Å²) in [6, 6.07) is 26.0. The molecule has 0 aliphatic carbocycles. The van der Waals surface area contributed by atoms with Gasteiger partial charge in [0.05, 0.1) is 6.04 Å². The summed E-state index contributed by atoms with van der Waals surface area (Å²) in [5.74, 6) is -1.16. The molecule has 2 atom stereocenters. The maximum Gasteiger partial charge on any atom is 0.302 e. The first kappa shape index (κ1) is 22.7. The van der Waals surface area contributed by atoms with Gasteiger partial charge in [-0.1, -0.05) is 78.9 Å². The van der Waals surface area contributed by atoms with Gasteiger partial charge in [0.1, 0.15) is 12.6 Å². The minimum absolute atomic E-state index is 0.0319. The molecule has 164 valence electrons. The Morgan fingerprint density at radius 3 is 1.94 bits per heavy atom. The molecule has 3 rings (SSSR count). The number of esters is 1. The zero-order valence-electron chi connectivity index (χ0n) is 17.9. The van der Waals surface area contributed by atoms with Crippen LogP contribution in [0, 0.1) is 0 Å². The van der Waals surface area contributed by atoms with Gasteiger partial charge >= 0.3 is 5.97 Å². The van der Waals surface area contributed by atoms with E-state index in [-0.39, 0.29) is 18.4 Å². The van der Waals surface area contributed by atoms with E-state index in [1.807, 2.05) is 54.6 Å². The number of amides is 2. The summed E-state index contributed by atoms with van der Waals surface area (Å²) >= 11 is 0. The van der Waals surface area contributed by atoms with Gasteiger partial charge in [-0.15, -0.1) is 0 Å². The molecule has 0 bridgehead atoms. The third-order valence-electron chi connectivity index (χ3n) is 4.87. The standard InChI is InChI=1S/C26H26N2O4/c1-19(29)32-18-23(17-20-11-5-2-6-12-20)27-26(31)24(21-13-7-3-8-14-21)28-25(30)22-15-9-4-10-16-22/h2-16,23-24H,17-18H2,1H3,(H,27,31)(H,28,30)/t23-,24-/m0/s1. The molecule has 32 heavy (non-hydrogen) atoms. The summed E-state index contributed by atoms with van der Waals surface area (Å²) in [6.07, 6.45) is 0.480. The van der Waals surface area contributed by atoms with Gasteiger partial charge in [0, 0.05) is 12.5 Å². The lowest BCUT2D eigenvalue weighted by atomic mass is 10.0. The number of nitrogens with one attached hydrogen (secondary N) is 2. The molecular formula is C26H26N2O4. The van der Waals surface area contributed by atoms with E-state index < -0.39 is 18.1 Å². The Hall–Kier alpha value is -3.93. The lowest BCUT2D eigenvalue weighted by molar-refractivity contribution is -0.142. The molecule has 0 fully saturated rings. The van der Waals surface area contributed by atoms with Crippen LogP contribution >= 0.6 is 0 Å². The first-order chi connectivity index (χ1) is 15.5. The summed E-state index contributed by atoms with van der Waals surface area (Å²) in [6.45, 7) is 1.36. The highest BCUT2D eigenvalue weighted by Crippen LogP contribution is 2.15. The molecule has 6 heteroatoms. The highest BCUT2D eigenvalue weighted by atomic mass is 16.5. The van der Waals surface area contributed by atoms with Crippen molar-refractivity contribution < 1.29 is 19.1 Å². The van der Waals surface area contributed by atoms with Crippen LogP contribution in [-0.4, -0.2) is 30.4 Å². The fourth-order valence-corrected chi connectivity index (χ4v) is 3.30. The van der Waals surface area contributed by atoms with Gasteiger partial charge in [-0.3, -0.25) is 14.4 Å². The molecule has 0 aromatic heterocycles. The topological polar surface area (TPSA) is 84.5 Å². The summed E-state index contributed by atoms with van der Waals surface area (Å²) in [7, 11) is 0. The Morgan fingerprint density at radius 2 is 1.34 bits per heavy atom. The van der Waals surface area contributed by atoms with Crippen LogP contribution in [0.25, 0.3) is 0 Å². The van der Waals surface area contributed by atoms with E-state index in [1.54, 1.807) is 36.4 Å². The predicted molar refractivity (Wildman–Crippen MR) is 122 cm³/mol. The van der Waals surface area contributed by atoms with E-state index in [1.165, 1.54) is 6.92 Å². The Bertz CT molecular complexity index is 1020. The molecule has 0 heterocycles. The fraction of sp³-hybridized carbons (Fsp3) is 0.192. The molecule has 0 aliphatic rings. The highest BCUT2D eigenvalue weighted by molar-refractivity contribution is 5.97. The van der Waals surface area contributed by atoms with E-state index in [9.17, 15) is 14.4 Å². The van der Waals surface area contributed by atoms with Gasteiger partial charge in [-0.2, -0.15) is 0 Å². The van der Waals surface area contributed by atoms with Crippen LogP contribution in [-0.2, 0) is 20.7 Å². The monoisotopic (exact) mass is 430 g/mol. The number of hydrogen-bond acceptors (Lipinski definition) is 4. The Balaban J connectivity index is 1.79. The van der Waals surface area contributed by atoms with Crippen LogP contribution < -0.4 is 10.6 Å². The minimum atomic E-state index is -0.903. The van der Waals surface area contributed by atoms with Crippen molar-refractivity contribution in [3.05, 3.63) is 108 Å². The summed E-state index contributed by atoms with van der Waals surface area (Å²) < 4.78 is 5.17. The largest absolute Gasteiger partial charge is 0.464 e. The van der Waals surface area contributed by atoms with Crippen LogP contribution in [0.15, 0.2) is 91.0 Å². The molecule has 0 aliphatic heterocycles. The Kier molecular flexibility index (Phi) is 8.15. The van der Waals surface area contributed by atoms with E-state index in [0.717, 1.165) is 5.56 Å². The molecule has 0 saturated carbocycles. The summed E-state index contributed by atoms with van der Waals surface area (Å²) in [4.78, 5) is 37.4. The van der Waals surface area contributed by atoms with Crippen molar-refractivity contribution in [1.82, 2.24) is 10.6 Å². The number of hydrogen-bond donors (Lipinski definition) is 2. The molecule has 3 aromatic rings. The zero-order chi connectivity index (χ0) is 22.8. The van der Waals surface area contributed by atoms with Crippen LogP contribution in [0.2, 0.25) is 0 Å². The van der Waals surface area contributed by atoms with Crippen molar-refractivity contribution in [2.24, 2.45) is 0 Å². The quantitative estimate of drug-likeness (QED) is 0.509. The predicted octanol–water partition coefficient (Wildman–Crippen LogP) is 3.45. The van der Waals surface area contributed by atoms with E-state index in [0.29, 0.717) is 17.5 Å². The Labute approximate surface area is 187 Å². The molecule has 0 saturated heterocycles. The molecule has 6 nitrogen and oxygen atoms in total. The molecule has 2 amide bonds. The van der Waals surface area contributed by atoms with Crippen molar-refractivity contribution in [3.63, 3.8) is 0 Å². The van der Waals surface area contributed by atoms with E-state index >= 15 is 0 Å². The maximum atomic E-state index is 13.3. The number of carbonyl (C=O) groups is 3. The normalized spacial score (nSPS) is 12.3. The van der Waals surface area contributed by atoms with Gasteiger partial charge in [0.25, 0.3) is 5.91 Å². The number of rotatable bonds is 9. The molecule has 0 unspecified atom stereocenters. The molecule has 2 N–H and O–H groups in total. The first-order valence-electron chi connectivity index (χ1n) is 10.4.